The van der Waals surface area contributed by atoms with Crippen molar-refractivity contribution in [1.82, 2.24) is 9.21 Å². The molecule has 0 spiro atoms. The Morgan fingerprint density at radius 3 is 2.30 bits per heavy atom. The van der Waals surface area contributed by atoms with Gasteiger partial charge in [-0.25, -0.2) is 21.6 Å². The van der Waals surface area contributed by atoms with Crippen molar-refractivity contribution in [2.75, 3.05) is 33.3 Å². The Balaban J connectivity index is 1.66. The molecule has 0 radical (unpaired) electrons. The van der Waals surface area contributed by atoms with Gasteiger partial charge in [0.25, 0.3) is 0 Å². The smallest absolute Gasteiger partial charge is 0.246 e. The maximum Gasteiger partial charge on any atom is 0.246 e. The Bertz CT molecular complexity index is 929. The second-order valence-electron chi connectivity index (χ2n) is 6.22. The highest BCUT2D eigenvalue weighted by atomic mass is 32.2. The number of rotatable bonds is 5. The zero-order chi connectivity index (χ0) is 19.6. The van der Waals surface area contributed by atoms with Gasteiger partial charge >= 0.3 is 0 Å². The van der Waals surface area contributed by atoms with Crippen molar-refractivity contribution in [1.29, 1.82) is 0 Å². The number of hydrogen-bond donors (Lipinski definition) is 0. The summed E-state index contributed by atoms with van der Waals surface area (Å²) in [4.78, 5) is 1.31. The third-order valence-corrected chi connectivity index (χ3v) is 6.38. The lowest BCUT2D eigenvalue weighted by Gasteiger charge is -2.34. The van der Waals surface area contributed by atoms with Crippen LogP contribution in [0.25, 0.3) is 0 Å². The fourth-order valence-corrected chi connectivity index (χ4v) is 4.51. The average Bonchev–Trinajstić information content (AvgIpc) is 2.64. The lowest BCUT2D eigenvalue weighted by molar-refractivity contribution is 0.181. The average molecular weight is 400 g/mol. The van der Waals surface area contributed by atoms with E-state index in [0.717, 1.165) is 22.0 Å². The molecule has 2 aromatic rings. The molecule has 2 aromatic carbocycles. The standard InChI is InChI=1S/C18H19F3N2O3S/c1-26-17-5-2-13(10-16(17)21)12-22-6-8-23(9-7-22)27(24,25)18-11-14(19)3-4-15(18)20/h2-5,10-11H,6-9,12H2,1H3. The SMILES string of the molecule is COc1ccc(CN2CCN(S(=O)(=O)c3cc(F)ccc3F)CC2)cc1F. The summed E-state index contributed by atoms with van der Waals surface area (Å²) in [5.74, 6) is -2.09. The van der Waals surface area contributed by atoms with Gasteiger partial charge in [0.05, 0.1) is 7.11 Å². The van der Waals surface area contributed by atoms with Crippen molar-refractivity contribution in [2.45, 2.75) is 11.4 Å². The fourth-order valence-electron chi connectivity index (χ4n) is 3.01. The highest BCUT2D eigenvalue weighted by Crippen LogP contribution is 2.23. The van der Waals surface area contributed by atoms with Crippen LogP contribution in [0.3, 0.4) is 0 Å². The zero-order valence-corrected chi connectivity index (χ0v) is 15.5. The monoisotopic (exact) mass is 400 g/mol. The van der Waals surface area contributed by atoms with Crippen molar-refractivity contribution in [2.24, 2.45) is 0 Å². The number of benzene rings is 2. The molecule has 0 bridgehead atoms. The molecule has 1 saturated heterocycles. The predicted octanol–water partition coefficient (Wildman–Crippen LogP) is 2.62. The summed E-state index contributed by atoms with van der Waals surface area (Å²) in [6, 6.07) is 7.03. The Morgan fingerprint density at radius 1 is 0.963 bits per heavy atom. The first-order valence-corrected chi connectivity index (χ1v) is 9.75. The molecule has 1 fully saturated rings. The molecule has 0 amide bonds. The van der Waals surface area contributed by atoms with E-state index in [0.29, 0.717) is 25.7 Å². The molecule has 1 heterocycles. The Kier molecular flexibility index (Phi) is 5.73. The van der Waals surface area contributed by atoms with Crippen LogP contribution in [0, 0.1) is 17.5 Å². The van der Waals surface area contributed by atoms with Crippen LogP contribution in [0.5, 0.6) is 5.75 Å². The molecule has 0 atom stereocenters. The number of piperazine rings is 1. The topological polar surface area (TPSA) is 49.9 Å². The minimum absolute atomic E-state index is 0.136. The summed E-state index contributed by atoms with van der Waals surface area (Å²) in [6.45, 7) is 1.50. The molecule has 0 aromatic heterocycles. The molecule has 0 unspecified atom stereocenters. The molecule has 0 N–H and O–H groups in total. The van der Waals surface area contributed by atoms with E-state index < -0.39 is 32.4 Å². The Hall–Kier alpha value is -2.10. The third-order valence-electron chi connectivity index (χ3n) is 4.46. The summed E-state index contributed by atoms with van der Waals surface area (Å²) < 4.78 is 72.2. The summed E-state index contributed by atoms with van der Waals surface area (Å²) in [6.07, 6.45) is 0. The van der Waals surface area contributed by atoms with Gasteiger partial charge in [-0.3, -0.25) is 4.90 Å². The molecular formula is C18H19F3N2O3S. The first kappa shape index (κ1) is 19.7. The van der Waals surface area contributed by atoms with Gasteiger partial charge in [-0.15, -0.1) is 0 Å². The van der Waals surface area contributed by atoms with Gasteiger partial charge in [0.2, 0.25) is 10.0 Å². The maximum atomic E-state index is 13.9. The number of methoxy groups -OCH3 is 1. The summed E-state index contributed by atoms with van der Waals surface area (Å²) >= 11 is 0. The molecule has 0 saturated carbocycles. The summed E-state index contributed by atoms with van der Waals surface area (Å²) in [5, 5.41) is 0. The van der Waals surface area contributed by atoms with E-state index in [9.17, 15) is 21.6 Å². The number of nitrogens with zero attached hydrogens (tertiary/aromatic N) is 2. The van der Waals surface area contributed by atoms with E-state index >= 15 is 0 Å². The van der Waals surface area contributed by atoms with Crippen LogP contribution in [0.2, 0.25) is 0 Å². The van der Waals surface area contributed by atoms with Gasteiger partial charge in [-0.2, -0.15) is 4.31 Å². The van der Waals surface area contributed by atoms with Crippen LogP contribution in [0.4, 0.5) is 13.2 Å². The van der Waals surface area contributed by atoms with Crippen LogP contribution in [-0.4, -0.2) is 50.9 Å². The predicted molar refractivity (Wildman–Crippen MR) is 93.3 cm³/mol. The normalized spacial score (nSPS) is 16.4. The highest BCUT2D eigenvalue weighted by molar-refractivity contribution is 7.89. The van der Waals surface area contributed by atoms with E-state index in [1.807, 2.05) is 4.90 Å². The molecule has 27 heavy (non-hydrogen) atoms. The van der Waals surface area contributed by atoms with Crippen LogP contribution in [0.1, 0.15) is 5.56 Å². The Morgan fingerprint density at radius 2 is 1.67 bits per heavy atom. The van der Waals surface area contributed by atoms with E-state index in [1.165, 1.54) is 19.2 Å². The number of sulfonamides is 1. The van der Waals surface area contributed by atoms with Crippen LogP contribution >= 0.6 is 0 Å². The Labute approximate surface area is 156 Å². The fraction of sp³-hybridized carbons (Fsp3) is 0.333. The molecule has 3 rings (SSSR count). The van der Waals surface area contributed by atoms with Gasteiger partial charge in [-0.1, -0.05) is 6.07 Å². The molecule has 0 aliphatic carbocycles. The highest BCUT2D eigenvalue weighted by Gasteiger charge is 2.31. The zero-order valence-electron chi connectivity index (χ0n) is 14.7. The van der Waals surface area contributed by atoms with Crippen molar-refractivity contribution < 1.29 is 26.3 Å². The number of halogens is 3. The van der Waals surface area contributed by atoms with Gasteiger partial charge in [0.15, 0.2) is 11.6 Å². The summed E-state index contributed by atoms with van der Waals surface area (Å²) in [7, 11) is -2.72. The van der Waals surface area contributed by atoms with Crippen molar-refractivity contribution in [3.63, 3.8) is 0 Å². The largest absolute Gasteiger partial charge is 0.494 e. The maximum absolute atomic E-state index is 13.9. The quantitative estimate of drug-likeness (QED) is 0.774. The minimum atomic E-state index is -4.11. The lowest BCUT2D eigenvalue weighted by atomic mass is 10.2. The van der Waals surface area contributed by atoms with E-state index in [4.69, 9.17) is 4.74 Å². The molecule has 9 heteroatoms. The van der Waals surface area contributed by atoms with Crippen molar-refractivity contribution in [3.05, 3.63) is 59.4 Å². The second kappa shape index (κ2) is 7.87. The lowest BCUT2D eigenvalue weighted by Crippen LogP contribution is -2.48. The van der Waals surface area contributed by atoms with E-state index in [1.54, 1.807) is 6.07 Å². The second-order valence-corrected chi connectivity index (χ2v) is 8.13. The third kappa shape index (κ3) is 4.26. The van der Waals surface area contributed by atoms with E-state index in [2.05, 4.69) is 0 Å². The number of hydrogen-bond acceptors (Lipinski definition) is 4. The van der Waals surface area contributed by atoms with Gasteiger partial charge in [-0.05, 0) is 35.9 Å². The van der Waals surface area contributed by atoms with Crippen molar-refractivity contribution in [3.8, 4) is 5.75 Å². The van der Waals surface area contributed by atoms with Gasteiger partial charge < -0.3 is 4.74 Å². The van der Waals surface area contributed by atoms with Gasteiger partial charge in [0, 0.05) is 32.7 Å². The first-order chi connectivity index (χ1) is 12.8. The molecule has 146 valence electrons. The van der Waals surface area contributed by atoms with Crippen molar-refractivity contribution >= 4 is 10.0 Å². The van der Waals surface area contributed by atoms with Crippen LogP contribution in [0.15, 0.2) is 41.3 Å². The summed E-state index contributed by atoms with van der Waals surface area (Å²) in [5.41, 5.74) is 0.737. The minimum Gasteiger partial charge on any atom is -0.494 e. The van der Waals surface area contributed by atoms with Crippen LogP contribution < -0.4 is 4.74 Å². The van der Waals surface area contributed by atoms with Crippen LogP contribution in [-0.2, 0) is 16.6 Å². The molecular weight excluding hydrogens is 381 g/mol. The molecule has 1 aliphatic heterocycles. The first-order valence-electron chi connectivity index (χ1n) is 8.31. The number of ether oxygens (including phenoxy) is 1. The van der Waals surface area contributed by atoms with E-state index in [-0.39, 0.29) is 18.8 Å². The van der Waals surface area contributed by atoms with Gasteiger partial charge in [0.1, 0.15) is 16.5 Å². The molecule has 1 aliphatic rings. The molecule has 5 nitrogen and oxygen atoms in total.